The molecule has 2 aromatic carbocycles. The monoisotopic (exact) mass is 298 g/mol. The topological polar surface area (TPSA) is 49.8 Å². The maximum absolute atomic E-state index is 6.15. The first-order valence-corrected chi connectivity index (χ1v) is 7.16. The molecule has 2 N–H and O–H groups in total. The fourth-order valence-electron chi connectivity index (χ4n) is 2.10. The van der Waals surface area contributed by atoms with Crippen molar-refractivity contribution in [1.29, 1.82) is 0 Å². The molecule has 0 aliphatic rings. The van der Waals surface area contributed by atoms with Crippen LogP contribution in [-0.4, -0.2) is 16.5 Å². The number of nitrogens with zero attached hydrogens (tertiary/aromatic N) is 2. The minimum absolute atomic E-state index is 0.491. The van der Waals surface area contributed by atoms with Gasteiger partial charge in [-0.3, -0.25) is 0 Å². The molecule has 106 valence electrons. The van der Waals surface area contributed by atoms with E-state index in [1.807, 2.05) is 25.1 Å². The molecule has 1 heterocycles. The zero-order valence-electron chi connectivity index (χ0n) is 11.6. The van der Waals surface area contributed by atoms with Crippen molar-refractivity contribution in [2.75, 3.05) is 17.2 Å². The first kappa shape index (κ1) is 13.6. The lowest BCUT2D eigenvalue weighted by molar-refractivity contribution is 1.09. The van der Waals surface area contributed by atoms with Crippen molar-refractivity contribution in [2.45, 2.75) is 6.92 Å². The molecule has 0 fully saturated rings. The summed E-state index contributed by atoms with van der Waals surface area (Å²) in [6.07, 6.45) is 1.59. The van der Waals surface area contributed by atoms with Crippen LogP contribution in [0.5, 0.6) is 0 Å². The Kier molecular flexibility index (Phi) is 3.88. The van der Waals surface area contributed by atoms with Gasteiger partial charge >= 0.3 is 0 Å². The van der Waals surface area contributed by atoms with Crippen molar-refractivity contribution in [1.82, 2.24) is 9.97 Å². The highest BCUT2D eigenvalue weighted by Gasteiger charge is 2.06. The van der Waals surface area contributed by atoms with Crippen LogP contribution in [0.3, 0.4) is 0 Å². The molecule has 3 aromatic rings. The van der Waals surface area contributed by atoms with Crippen molar-refractivity contribution >= 4 is 39.8 Å². The number of nitrogens with one attached hydrogen (secondary N) is 2. The van der Waals surface area contributed by atoms with Gasteiger partial charge in [0.15, 0.2) is 5.82 Å². The summed E-state index contributed by atoms with van der Waals surface area (Å²) in [6.45, 7) is 2.76. The average molecular weight is 299 g/mol. The fourth-order valence-corrected chi connectivity index (χ4v) is 2.24. The lowest BCUT2D eigenvalue weighted by atomic mass is 10.1. The minimum Gasteiger partial charge on any atom is -0.354 e. The van der Waals surface area contributed by atoms with E-state index in [4.69, 9.17) is 11.6 Å². The van der Waals surface area contributed by atoms with Gasteiger partial charge in [0.05, 0.1) is 6.20 Å². The second-order valence-electron chi connectivity index (χ2n) is 4.61. The molecule has 0 bridgehead atoms. The SMILES string of the molecule is CCNc1ncc(Cl)c(Nc2ccc3ccccc3c2)n1. The molecule has 4 nitrogen and oxygen atoms in total. The zero-order valence-corrected chi connectivity index (χ0v) is 12.4. The van der Waals surface area contributed by atoms with Crippen LogP contribution < -0.4 is 10.6 Å². The minimum atomic E-state index is 0.491. The van der Waals surface area contributed by atoms with Crippen LogP contribution in [0.25, 0.3) is 10.8 Å². The van der Waals surface area contributed by atoms with Crippen molar-refractivity contribution in [3.63, 3.8) is 0 Å². The number of hydrogen-bond donors (Lipinski definition) is 2. The Balaban J connectivity index is 1.92. The fraction of sp³-hybridized carbons (Fsp3) is 0.125. The first-order chi connectivity index (χ1) is 10.3. The number of halogens is 1. The van der Waals surface area contributed by atoms with Gasteiger partial charge in [0, 0.05) is 12.2 Å². The molecule has 0 radical (unpaired) electrons. The maximum Gasteiger partial charge on any atom is 0.224 e. The Morgan fingerprint density at radius 3 is 2.71 bits per heavy atom. The summed E-state index contributed by atoms with van der Waals surface area (Å²) in [5.74, 6) is 1.16. The predicted octanol–water partition coefficient (Wildman–Crippen LogP) is 4.46. The van der Waals surface area contributed by atoms with Crippen molar-refractivity contribution in [2.24, 2.45) is 0 Å². The molecular weight excluding hydrogens is 284 g/mol. The molecule has 0 saturated heterocycles. The van der Waals surface area contributed by atoms with Crippen LogP contribution in [0.1, 0.15) is 6.92 Å². The van der Waals surface area contributed by atoms with Crippen LogP contribution in [0.15, 0.2) is 48.7 Å². The third-order valence-corrected chi connectivity index (χ3v) is 3.37. The van der Waals surface area contributed by atoms with Gasteiger partial charge in [0.2, 0.25) is 5.95 Å². The summed E-state index contributed by atoms with van der Waals surface area (Å²) in [7, 11) is 0. The smallest absolute Gasteiger partial charge is 0.224 e. The van der Waals surface area contributed by atoms with Gasteiger partial charge in [-0.1, -0.05) is 41.9 Å². The highest BCUT2D eigenvalue weighted by atomic mass is 35.5. The van der Waals surface area contributed by atoms with Crippen LogP contribution in [-0.2, 0) is 0 Å². The third-order valence-electron chi connectivity index (χ3n) is 3.09. The second kappa shape index (κ2) is 5.97. The molecule has 1 aromatic heterocycles. The van der Waals surface area contributed by atoms with Gasteiger partial charge in [0.25, 0.3) is 0 Å². The van der Waals surface area contributed by atoms with Gasteiger partial charge in [-0.2, -0.15) is 4.98 Å². The van der Waals surface area contributed by atoms with Crippen molar-refractivity contribution in [3.8, 4) is 0 Å². The standard InChI is InChI=1S/C16H15ClN4/c1-2-18-16-19-10-14(17)15(21-16)20-13-8-7-11-5-3-4-6-12(11)9-13/h3-10H,2H2,1H3,(H2,18,19,20,21). The molecule has 0 amide bonds. The van der Waals surface area contributed by atoms with Crippen molar-refractivity contribution in [3.05, 3.63) is 53.7 Å². The van der Waals surface area contributed by atoms with E-state index in [2.05, 4.69) is 44.9 Å². The lowest BCUT2D eigenvalue weighted by Gasteiger charge is -2.10. The van der Waals surface area contributed by atoms with Gasteiger partial charge in [-0.25, -0.2) is 4.98 Å². The molecule has 0 aliphatic heterocycles. The van der Waals surface area contributed by atoms with Crippen LogP contribution in [0.4, 0.5) is 17.5 Å². The Hall–Kier alpha value is -2.33. The van der Waals surface area contributed by atoms with Crippen molar-refractivity contribution < 1.29 is 0 Å². The number of anilines is 3. The molecule has 0 unspecified atom stereocenters. The Labute approximate surface area is 128 Å². The zero-order chi connectivity index (χ0) is 14.7. The van der Waals surface area contributed by atoms with E-state index in [0.717, 1.165) is 12.2 Å². The Morgan fingerprint density at radius 2 is 1.90 bits per heavy atom. The Morgan fingerprint density at radius 1 is 1.10 bits per heavy atom. The predicted molar refractivity (Wildman–Crippen MR) is 88.4 cm³/mol. The van der Waals surface area contributed by atoms with Crippen LogP contribution >= 0.6 is 11.6 Å². The Bertz CT molecular complexity index is 773. The third kappa shape index (κ3) is 3.06. The molecule has 0 atom stereocenters. The summed E-state index contributed by atoms with van der Waals surface area (Å²) < 4.78 is 0. The summed E-state index contributed by atoms with van der Waals surface area (Å²) in [5, 5.41) is 9.17. The van der Waals surface area contributed by atoms with E-state index in [-0.39, 0.29) is 0 Å². The molecular formula is C16H15ClN4. The van der Waals surface area contributed by atoms with Crippen LogP contribution in [0, 0.1) is 0 Å². The van der Waals surface area contributed by atoms with E-state index in [9.17, 15) is 0 Å². The van der Waals surface area contributed by atoms with E-state index in [1.165, 1.54) is 10.8 Å². The van der Waals surface area contributed by atoms with Gasteiger partial charge in [0.1, 0.15) is 5.02 Å². The average Bonchev–Trinajstić information content (AvgIpc) is 2.51. The summed E-state index contributed by atoms with van der Waals surface area (Å²) in [6, 6.07) is 14.4. The second-order valence-corrected chi connectivity index (χ2v) is 5.01. The van der Waals surface area contributed by atoms with E-state index >= 15 is 0 Å². The van der Waals surface area contributed by atoms with Gasteiger partial charge in [-0.05, 0) is 29.8 Å². The molecule has 5 heteroatoms. The quantitative estimate of drug-likeness (QED) is 0.746. The van der Waals surface area contributed by atoms with E-state index in [0.29, 0.717) is 16.8 Å². The highest BCUT2D eigenvalue weighted by molar-refractivity contribution is 6.32. The molecule has 21 heavy (non-hydrogen) atoms. The summed E-state index contributed by atoms with van der Waals surface area (Å²) in [5.41, 5.74) is 0.941. The van der Waals surface area contributed by atoms with E-state index in [1.54, 1.807) is 6.20 Å². The number of fused-ring (bicyclic) bond motifs is 1. The molecule has 3 rings (SSSR count). The van der Waals surface area contributed by atoms with E-state index < -0.39 is 0 Å². The maximum atomic E-state index is 6.15. The number of rotatable bonds is 4. The summed E-state index contributed by atoms with van der Waals surface area (Å²) >= 11 is 6.15. The lowest BCUT2D eigenvalue weighted by Crippen LogP contribution is -2.04. The summed E-state index contributed by atoms with van der Waals surface area (Å²) in [4.78, 5) is 8.50. The number of aromatic nitrogens is 2. The molecule has 0 aliphatic carbocycles. The first-order valence-electron chi connectivity index (χ1n) is 6.78. The molecule has 0 spiro atoms. The highest BCUT2D eigenvalue weighted by Crippen LogP contribution is 2.26. The van der Waals surface area contributed by atoms with Gasteiger partial charge < -0.3 is 10.6 Å². The largest absolute Gasteiger partial charge is 0.354 e. The van der Waals surface area contributed by atoms with Crippen LogP contribution in [0.2, 0.25) is 5.02 Å². The van der Waals surface area contributed by atoms with Gasteiger partial charge in [-0.15, -0.1) is 0 Å². The number of benzene rings is 2. The number of hydrogen-bond acceptors (Lipinski definition) is 4. The normalized spacial score (nSPS) is 10.6. The molecule has 0 saturated carbocycles.